The predicted molar refractivity (Wildman–Crippen MR) is 75.9 cm³/mol. The van der Waals surface area contributed by atoms with E-state index in [9.17, 15) is 18.0 Å². The zero-order valence-corrected chi connectivity index (χ0v) is 12.2. The molecule has 0 bridgehead atoms. The van der Waals surface area contributed by atoms with E-state index in [-0.39, 0.29) is 17.5 Å². The number of aromatic nitrogens is 2. The van der Waals surface area contributed by atoms with Crippen LogP contribution in [-0.4, -0.2) is 28.7 Å². The normalized spacial score (nSPS) is 12.5. The van der Waals surface area contributed by atoms with Crippen molar-refractivity contribution in [2.45, 2.75) is 19.1 Å². The van der Waals surface area contributed by atoms with Gasteiger partial charge >= 0.3 is 6.18 Å². The Labute approximate surface area is 130 Å². The summed E-state index contributed by atoms with van der Waals surface area (Å²) < 4.78 is 41.3. The molecular formula is C15H14F3N3O2. The molecule has 2 rings (SSSR count). The maximum atomic E-state index is 12.2. The number of hydrogen-bond donors (Lipinski definition) is 1. The van der Waals surface area contributed by atoms with E-state index in [4.69, 9.17) is 0 Å². The summed E-state index contributed by atoms with van der Waals surface area (Å²) >= 11 is 0. The first-order valence-corrected chi connectivity index (χ1v) is 6.72. The highest BCUT2D eigenvalue weighted by atomic mass is 19.4. The van der Waals surface area contributed by atoms with Gasteiger partial charge in [-0.25, -0.2) is 4.98 Å². The maximum Gasteiger partial charge on any atom is 0.422 e. The second kappa shape index (κ2) is 7.08. The molecule has 0 spiro atoms. The lowest BCUT2D eigenvalue weighted by Crippen LogP contribution is -2.28. The number of ether oxygens (including phenoxy) is 1. The van der Waals surface area contributed by atoms with E-state index in [0.29, 0.717) is 0 Å². The van der Waals surface area contributed by atoms with Crippen LogP contribution in [0.25, 0.3) is 0 Å². The molecule has 0 aliphatic heterocycles. The topological polar surface area (TPSA) is 64.1 Å². The second-order valence-corrected chi connectivity index (χ2v) is 4.74. The van der Waals surface area contributed by atoms with Gasteiger partial charge in [0.1, 0.15) is 5.56 Å². The summed E-state index contributed by atoms with van der Waals surface area (Å²) in [5.74, 6) is -0.927. The van der Waals surface area contributed by atoms with Crippen LogP contribution in [0.15, 0.2) is 42.9 Å². The minimum Gasteiger partial charge on any atom is -0.467 e. The number of pyridine rings is 2. The van der Waals surface area contributed by atoms with Crippen molar-refractivity contribution in [2.75, 3.05) is 6.61 Å². The molecule has 1 atom stereocenters. The van der Waals surface area contributed by atoms with Crippen LogP contribution in [0.3, 0.4) is 0 Å². The number of amides is 1. The molecule has 2 heterocycles. The average molecular weight is 325 g/mol. The molecule has 0 radical (unpaired) electrons. The van der Waals surface area contributed by atoms with Crippen molar-refractivity contribution >= 4 is 5.91 Å². The number of halogens is 3. The van der Waals surface area contributed by atoms with E-state index < -0.39 is 18.7 Å². The largest absolute Gasteiger partial charge is 0.467 e. The fourth-order valence-corrected chi connectivity index (χ4v) is 1.84. The Hall–Kier alpha value is -2.64. The molecule has 2 aromatic rings. The molecule has 0 fully saturated rings. The Morgan fingerprint density at radius 2 is 1.96 bits per heavy atom. The van der Waals surface area contributed by atoms with E-state index in [0.717, 1.165) is 5.56 Å². The van der Waals surface area contributed by atoms with Crippen LogP contribution in [0.5, 0.6) is 5.88 Å². The molecule has 8 heteroatoms. The number of nitrogens with zero attached hydrogens (tertiary/aromatic N) is 2. The van der Waals surface area contributed by atoms with E-state index in [1.807, 2.05) is 0 Å². The van der Waals surface area contributed by atoms with Gasteiger partial charge < -0.3 is 10.1 Å². The van der Waals surface area contributed by atoms with Gasteiger partial charge in [0.15, 0.2) is 6.61 Å². The van der Waals surface area contributed by atoms with Crippen molar-refractivity contribution in [3.63, 3.8) is 0 Å². The van der Waals surface area contributed by atoms with E-state index in [1.54, 1.807) is 31.5 Å². The molecule has 1 unspecified atom stereocenters. The first kappa shape index (κ1) is 16.7. The Kier molecular flexibility index (Phi) is 5.15. The predicted octanol–water partition coefficient (Wildman–Crippen LogP) is 2.91. The molecule has 0 aliphatic carbocycles. The first-order chi connectivity index (χ1) is 10.9. The number of alkyl halides is 3. The molecule has 2 aromatic heterocycles. The highest BCUT2D eigenvalue weighted by Crippen LogP contribution is 2.21. The molecule has 0 aromatic carbocycles. The van der Waals surface area contributed by atoms with E-state index >= 15 is 0 Å². The third kappa shape index (κ3) is 4.94. The molecule has 1 N–H and O–H groups in total. The molecule has 1 amide bonds. The number of hydrogen-bond acceptors (Lipinski definition) is 4. The van der Waals surface area contributed by atoms with E-state index in [1.165, 1.54) is 18.3 Å². The molecular weight excluding hydrogens is 311 g/mol. The lowest BCUT2D eigenvalue weighted by atomic mass is 10.1. The van der Waals surface area contributed by atoms with Gasteiger partial charge in [0.05, 0.1) is 6.04 Å². The maximum absolute atomic E-state index is 12.2. The average Bonchev–Trinajstić information content (AvgIpc) is 2.53. The smallest absolute Gasteiger partial charge is 0.422 e. The lowest BCUT2D eigenvalue weighted by Gasteiger charge is -2.16. The standard InChI is InChI=1S/C15H14F3N3O2/c1-10(11-4-7-19-8-5-11)21-13(22)12-3-2-6-20-14(12)23-9-15(16,17)18/h2-8,10H,9H2,1H3,(H,21,22). The quantitative estimate of drug-likeness (QED) is 0.918. The summed E-state index contributed by atoms with van der Waals surface area (Å²) in [5.41, 5.74) is 0.757. The monoisotopic (exact) mass is 325 g/mol. The molecule has 0 saturated carbocycles. The zero-order valence-electron chi connectivity index (χ0n) is 12.2. The van der Waals surface area contributed by atoms with Crippen molar-refractivity contribution in [3.05, 3.63) is 54.0 Å². The van der Waals surface area contributed by atoms with Crippen molar-refractivity contribution in [2.24, 2.45) is 0 Å². The van der Waals surface area contributed by atoms with Crippen molar-refractivity contribution < 1.29 is 22.7 Å². The van der Waals surface area contributed by atoms with Gasteiger partial charge in [-0.2, -0.15) is 13.2 Å². The zero-order chi connectivity index (χ0) is 16.9. The number of carbonyl (C=O) groups is 1. The third-order valence-corrected chi connectivity index (χ3v) is 2.94. The molecule has 122 valence electrons. The Bertz CT molecular complexity index is 663. The van der Waals surface area contributed by atoms with Crippen LogP contribution >= 0.6 is 0 Å². The first-order valence-electron chi connectivity index (χ1n) is 6.72. The lowest BCUT2D eigenvalue weighted by molar-refractivity contribution is -0.154. The number of carbonyl (C=O) groups excluding carboxylic acids is 1. The number of nitrogens with one attached hydrogen (secondary N) is 1. The van der Waals surface area contributed by atoms with Crippen molar-refractivity contribution in [1.82, 2.24) is 15.3 Å². The summed E-state index contributed by atoms with van der Waals surface area (Å²) in [5, 5.41) is 2.68. The Morgan fingerprint density at radius 1 is 1.26 bits per heavy atom. The minimum atomic E-state index is -4.50. The van der Waals surface area contributed by atoms with Gasteiger partial charge in [0, 0.05) is 18.6 Å². The van der Waals surface area contributed by atoms with Gasteiger partial charge in [0.2, 0.25) is 5.88 Å². The SMILES string of the molecule is CC(NC(=O)c1cccnc1OCC(F)(F)F)c1ccncc1. The van der Waals surface area contributed by atoms with Crippen LogP contribution in [-0.2, 0) is 0 Å². The highest BCUT2D eigenvalue weighted by Gasteiger charge is 2.29. The summed E-state index contributed by atoms with van der Waals surface area (Å²) in [4.78, 5) is 19.8. The fraction of sp³-hybridized carbons (Fsp3) is 0.267. The van der Waals surface area contributed by atoms with Crippen molar-refractivity contribution in [1.29, 1.82) is 0 Å². The van der Waals surface area contributed by atoms with Gasteiger partial charge in [-0.15, -0.1) is 0 Å². The summed E-state index contributed by atoms with van der Waals surface area (Å²) in [7, 11) is 0. The van der Waals surface area contributed by atoms with Crippen LogP contribution in [0.4, 0.5) is 13.2 Å². The van der Waals surface area contributed by atoms with Gasteiger partial charge in [0.25, 0.3) is 5.91 Å². The van der Waals surface area contributed by atoms with Crippen LogP contribution in [0.1, 0.15) is 28.9 Å². The minimum absolute atomic E-state index is 0.0577. The second-order valence-electron chi connectivity index (χ2n) is 4.74. The van der Waals surface area contributed by atoms with Crippen LogP contribution < -0.4 is 10.1 Å². The van der Waals surface area contributed by atoms with Gasteiger partial charge in [-0.1, -0.05) is 0 Å². The van der Waals surface area contributed by atoms with E-state index in [2.05, 4.69) is 20.0 Å². The Morgan fingerprint density at radius 3 is 2.61 bits per heavy atom. The summed E-state index contributed by atoms with van der Waals surface area (Å²) in [6.07, 6.45) is -0.0791. The van der Waals surface area contributed by atoms with Gasteiger partial charge in [-0.3, -0.25) is 9.78 Å². The highest BCUT2D eigenvalue weighted by molar-refractivity contribution is 5.96. The molecule has 0 aliphatic rings. The fourth-order valence-electron chi connectivity index (χ4n) is 1.84. The van der Waals surface area contributed by atoms with Crippen molar-refractivity contribution in [3.8, 4) is 5.88 Å². The molecule has 0 saturated heterocycles. The van der Waals surface area contributed by atoms with Crippen LogP contribution in [0, 0.1) is 0 Å². The molecule has 5 nitrogen and oxygen atoms in total. The molecule has 23 heavy (non-hydrogen) atoms. The number of rotatable bonds is 5. The third-order valence-electron chi connectivity index (χ3n) is 2.94. The van der Waals surface area contributed by atoms with Gasteiger partial charge in [-0.05, 0) is 36.8 Å². The summed E-state index contributed by atoms with van der Waals surface area (Å²) in [6.45, 7) is 0.240. The van der Waals surface area contributed by atoms with Crippen LogP contribution in [0.2, 0.25) is 0 Å². The Balaban J connectivity index is 2.10. The summed E-state index contributed by atoms with van der Waals surface area (Å²) in [6, 6.07) is 5.92.